The van der Waals surface area contributed by atoms with Gasteiger partial charge < -0.3 is 4.57 Å². The van der Waals surface area contributed by atoms with Crippen LogP contribution in [0.25, 0.3) is 0 Å². The molecule has 1 saturated carbocycles. The lowest BCUT2D eigenvalue weighted by atomic mass is 9.82. The van der Waals surface area contributed by atoms with Crippen molar-refractivity contribution in [2.45, 2.75) is 24.3 Å². The number of hydrogen-bond donors (Lipinski definition) is 0. The van der Waals surface area contributed by atoms with Gasteiger partial charge in [0.05, 0.1) is 10.6 Å². The van der Waals surface area contributed by atoms with Gasteiger partial charge in [0.1, 0.15) is 5.92 Å². The van der Waals surface area contributed by atoms with E-state index in [9.17, 15) is 19.2 Å². The van der Waals surface area contributed by atoms with Crippen LogP contribution in [-0.2, 0) is 16.6 Å². The van der Waals surface area contributed by atoms with Gasteiger partial charge in [-0.3, -0.25) is 19.2 Å². The fraction of sp³-hybridized carbons (Fsp3) is 0.429. The zero-order chi connectivity index (χ0) is 14.9. The molecule has 1 aromatic rings. The summed E-state index contributed by atoms with van der Waals surface area (Å²) in [4.78, 5) is 48.1. The second-order valence-electron chi connectivity index (χ2n) is 4.74. The van der Waals surface area contributed by atoms with E-state index in [2.05, 4.69) is 0 Å². The van der Waals surface area contributed by atoms with Crippen molar-refractivity contribution >= 4 is 29.1 Å². The van der Waals surface area contributed by atoms with Gasteiger partial charge >= 0.3 is 0 Å². The number of aromatic nitrogens is 1. The van der Waals surface area contributed by atoms with Gasteiger partial charge in [0.15, 0.2) is 17.3 Å². The van der Waals surface area contributed by atoms with Gasteiger partial charge in [-0.2, -0.15) is 0 Å². The molecule has 20 heavy (non-hydrogen) atoms. The molecular weight excluding hydrogens is 278 g/mol. The average molecular weight is 293 g/mol. The lowest BCUT2D eigenvalue weighted by Crippen LogP contribution is -2.38. The predicted octanol–water partition coefficient (Wildman–Crippen LogP) is 1.23. The number of ketones is 3. The van der Waals surface area contributed by atoms with Crippen LogP contribution in [0.15, 0.2) is 22.0 Å². The second kappa shape index (κ2) is 5.75. The van der Waals surface area contributed by atoms with Crippen LogP contribution < -0.4 is 5.56 Å². The van der Waals surface area contributed by atoms with Crippen LogP contribution in [0.5, 0.6) is 0 Å². The minimum atomic E-state index is -1.28. The van der Waals surface area contributed by atoms with Gasteiger partial charge in [-0.15, -0.1) is 11.8 Å². The molecule has 0 bridgehead atoms. The number of pyridine rings is 1. The molecule has 6 heteroatoms. The first-order valence-corrected chi connectivity index (χ1v) is 7.53. The molecule has 0 aliphatic heterocycles. The van der Waals surface area contributed by atoms with E-state index in [1.165, 1.54) is 22.4 Å². The Morgan fingerprint density at radius 2 is 1.80 bits per heavy atom. The first kappa shape index (κ1) is 14.7. The van der Waals surface area contributed by atoms with E-state index in [4.69, 9.17) is 0 Å². The first-order valence-electron chi connectivity index (χ1n) is 6.31. The van der Waals surface area contributed by atoms with E-state index in [1.54, 1.807) is 13.1 Å². The Morgan fingerprint density at radius 1 is 1.20 bits per heavy atom. The summed E-state index contributed by atoms with van der Waals surface area (Å²) in [5.41, 5.74) is -0.549. The van der Waals surface area contributed by atoms with Crippen LogP contribution >= 0.6 is 11.8 Å². The van der Waals surface area contributed by atoms with Crippen molar-refractivity contribution in [3.05, 3.63) is 28.0 Å². The Labute approximate surface area is 120 Å². The Bertz CT molecular complexity index is 631. The molecule has 1 aromatic heterocycles. The molecule has 0 atom stereocenters. The Balaban J connectivity index is 2.44. The molecule has 2 rings (SSSR count). The van der Waals surface area contributed by atoms with E-state index in [1.807, 2.05) is 6.26 Å². The van der Waals surface area contributed by atoms with Crippen molar-refractivity contribution in [1.29, 1.82) is 0 Å². The number of carbonyl (C=O) groups is 3. The zero-order valence-electron chi connectivity index (χ0n) is 11.3. The fourth-order valence-corrected chi connectivity index (χ4v) is 2.92. The van der Waals surface area contributed by atoms with Gasteiger partial charge in [0.25, 0.3) is 5.56 Å². The van der Waals surface area contributed by atoms with Crippen molar-refractivity contribution in [2.24, 2.45) is 13.0 Å². The monoisotopic (exact) mass is 293 g/mol. The third-order valence-corrected chi connectivity index (χ3v) is 4.31. The first-order chi connectivity index (χ1) is 9.47. The van der Waals surface area contributed by atoms with Gasteiger partial charge in [-0.25, -0.2) is 0 Å². The molecule has 0 radical (unpaired) electrons. The molecule has 0 spiro atoms. The minimum Gasteiger partial charge on any atom is -0.306 e. The van der Waals surface area contributed by atoms with E-state index in [-0.39, 0.29) is 30.0 Å². The molecule has 0 unspecified atom stereocenters. The van der Waals surface area contributed by atoms with Crippen LogP contribution in [-0.4, -0.2) is 28.2 Å². The second-order valence-corrected chi connectivity index (χ2v) is 5.56. The third-order valence-electron chi connectivity index (χ3n) is 3.49. The number of hydrogen-bond acceptors (Lipinski definition) is 5. The smallest absolute Gasteiger partial charge is 0.262 e. The quantitative estimate of drug-likeness (QED) is 0.476. The summed E-state index contributed by atoms with van der Waals surface area (Å²) >= 11 is 1.38. The summed E-state index contributed by atoms with van der Waals surface area (Å²) in [6, 6.07) is 3.06. The zero-order valence-corrected chi connectivity index (χ0v) is 12.2. The van der Waals surface area contributed by atoms with E-state index in [0.29, 0.717) is 11.4 Å². The largest absolute Gasteiger partial charge is 0.306 e. The highest BCUT2D eigenvalue weighted by molar-refractivity contribution is 7.98. The summed E-state index contributed by atoms with van der Waals surface area (Å²) in [6.07, 6.45) is 2.77. The van der Waals surface area contributed by atoms with Gasteiger partial charge in [0, 0.05) is 19.9 Å². The number of thioether (sulfide) groups is 1. The number of rotatable bonds is 3. The fourth-order valence-electron chi connectivity index (χ4n) is 2.36. The summed E-state index contributed by atoms with van der Waals surface area (Å²) in [7, 11) is 1.56. The molecule has 5 nitrogen and oxygen atoms in total. The van der Waals surface area contributed by atoms with Crippen molar-refractivity contribution < 1.29 is 14.4 Å². The lowest BCUT2D eigenvalue weighted by molar-refractivity contribution is -0.133. The normalized spacial score (nSPS) is 16.5. The summed E-state index contributed by atoms with van der Waals surface area (Å²) in [6.45, 7) is 0. The van der Waals surface area contributed by atoms with Gasteiger partial charge in [-0.1, -0.05) is 0 Å². The summed E-state index contributed by atoms with van der Waals surface area (Å²) in [5, 5.41) is 0.716. The summed E-state index contributed by atoms with van der Waals surface area (Å²) in [5.74, 6) is -2.69. The number of nitrogens with zero attached hydrogens (tertiary/aromatic N) is 1. The van der Waals surface area contributed by atoms with Crippen molar-refractivity contribution in [1.82, 2.24) is 4.57 Å². The lowest BCUT2D eigenvalue weighted by Gasteiger charge is -2.18. The molecule has 1 aliphatic rings. The highest BCUT2D eigenvalue weighted by Gasteiger charge is 2.37. The maximum Gasteiger partial charge on any atom is 0.262 e. The van der Waals surface area contributed by atoms with Gasteiger partial charge in [-0.05, 0) is 24.8 Å². The van der Waals surface area contributed by atoms with Crippen molar-refractivity contribution in [3.63, 3.8) is 0 Å². The summed E-state index contributed by atoms with van der Waals surface area (Å²) < 4.78 is 1.36. The molecule has 0 aromatic carbocycles. The maximum atomic E-state index is 12.3. The molecular formula is C14H15NO4S. The minimum absolute atomic E-state index is 0.0844. The highest BCUT2D eigenvalue weighted by Crippen LogP contribution is 2.21. The van der Waals surface area contributed by atoms with Crippen LogP contribution in [0, 0.1) is 5.92 Å². The third kappa shape index (κ3) is 2.47. The number of carbonyl (C=O) groups excluding carboxylic acids is 3. The Hall–Kier alpha value is -1.69. The Morgan fingerprint density at radius 3 is 2.35 bits per heavy atom. The predicted molar refractivity (Wildman–Crippen MR) is 75.1 cm³/mol. The average Bonchev–Trinajstić information content (AvgIpc) is 2.41. The van der Waals surface area contributed by atoms with Crippen molar-refractivity contribution in [2.75, 3.05) is 6.26 Å². The topological polar surface area (TPSA) is 73.2 Å². The number of Topliss-reactive ketones (excluding diaryl/α,β-unsaturated/α-hetero) is 3. The molecule has 1 fully saturated rings. The van der Waals surface area contributed by atoms with Crippen LogP contribution in [0.3, 0.4) is 0 Å². The molecule has 0 saturated heterocycles. The molecule has 0 amide bonds. The molecule has 1 heterocycles. The van der Waals surface area contributed by atoms with Crippen LogP contribution in [0.2, 0.25) is 0 Å². The molecule has 0 N–H and O–H groups in total. The van der Waals surface area contributed by atoms with Crippen LogP contribution in [0.4, 0.5) is 0 Å². The highest BCUT2D eigenvalue weighted by atomic mass is 32.2. The molecule has 1 aliphatic carbocycles. The standard InChI is InChI=1S/C14H15NO4S/c1-15-11(20-2)7-6-8(14(15)19)13(18)12-9(16)4-3-5-10(12)17/h6-7,12H,3-5H2,1-2H3. The molecule has 106 valence electrons. The van der Waals surface area contributed by atoms with Crippen molar-refractivity contribution in [3.8, 4) is 0 Å². The van der Waals surface area contributed by atoms with E-state index < -0.39 is 17.3 Å². The van der Waals surface area contributed by atoms with Gasteiger partial charge in [0.2, 0.25) is 0 Å². The maximum absolute atomic E-state index is 12.3. The SMILES string of the molecule is CSc1ccc(C(=O)C2C(=O)CCCC2=O)c(=O)n1C. The van der Waals surface area contributed by atoms with E-state index >= 15 is 0 Å². The van der Waals surface area contributed by atoms with E-state index in [0.717, 1.165) is 0 Å². The van der Waals surface area contributed by atoms with Crippen LogP contribution in [0.1, 0.15) is 29.6 Å². The Kier molecular flexibility index (Phi) is 4.23.